The standard InChI is InChI=1S/C8H16F3N.ClH/c9-8(10,11)6-4-2-1-3-5-7-12;/h1-7,12H2;1H. The van der Waals surface area contributed by atoms with Crippen LogP contribution in [0.2, 0.25) is 0 Å². The van der Waals surface area contributed by atoms with Crippen LogP contribution < -0.4 is 5.73 Å². The predicted molar refractivity (Wildman–Crippen MR) is 50.1 cm³/mol. The molecule has 0 rings (SSSR count). The SMILES string of the molecule is Cl.NCCCCCCCC(F)(F)F. The Balaban J connectivity index is 0. The first kappa shape index (κ1) is 15.5. The molecule has 1 nitrogen and oxygen atoms in total. The molecule has 0 saturated carbocycles. The summed E-state index contributed by atoms with van der Waals surface area (Å²) in [5.74, 6) is 0. The summed E-state index contributed by atoms with van der Waals surface area (Å²) in [5, 5.41) is 0. The summed E-state index contributed by atoms with van der Waals surface area (Å²) in [4.78, 5) is 0. The monoisotopic (exact) mass is 219 g/mol. The van der Waals surface area contributed by atoms with E-state index >= 15 is 0 Å². The lowest BCUT2D eigenvalue weighted by molar-refractivity contribution is -0.135. The van der Waals surface area contributed by atoms with Crippen molar-refractivity contribution in [2.75, 3.05) is 6.54 Å². The first-order chi connectivity index (χ1) is 5.56. The van der Waals surface area contributed by atoms with Crippen LogP contribution in [0.3, 0.4) is 0 Å². The summed E-state index contributed by atoms with van der Waals surface area (Å²) in [6.07, 6.45) is -0.954. The molecule has 0 saturated heterocycles. The minimum atomic E-state index is -3.98. The Morgan fingerprint density at radius 1 is 0.846 bits per heavy atom. The van der Waals surface area contributed by atoms with Gasteiger partial charge in [0.1, 0.15) is 0 Å². The number of nitrogens with two attached hydrogens (primary N) is 1. The van der Waals surface area contributed by atoms with Crippen LogP contribution in [0.1, 0.15) is 38.5 Å². The fraction of sp³-hybridized carbons (Fsp3) is 1.00. The van der Waals surface area contributed by atoms with Crippen molar-refractivity contribution in [1.29, 1.82) is 0 Å². The van der Waals surface area contributed by atoms with Gasteiger partial charge in [0.15, 0.2) is 0 Å². The number of unbranched alkanes of at least 4 members (excludes halogenated alkanes) is 4. The average Bonchev–Trinajstić information content (AvgIpc) is 1.94. The zero-order valence-electron chi connectivity index (χ0n) is 7.57. The van der Waals surface area contributed by atoms with Crippen LogP contribution in [0.15, 0.2) is 0 Å². The summed E-state index contributed by atoms with van der Waals surface area (Å²) >= 11 is 0. The van der Waals surface area contributed by atoms with Crippen molar-refractivity contribution < 1.29 is 13.2 Å². The molecule has 0 heterocycles. The van der Waals surface area contributed by atoms with Gasteiger partial charge in [-0.3, -0.25) is 0 Å². The van der Waals surface area contributed by atoms with E-state index in [4.69, 9.17) is 5.73 Å². The van der Waals surface area contributed by atoms with Crippen molar-refractivity contribution in [1.82, 2.24) is 0 Å². The molecular weight excluding hydrogens is 203 g/mol. The Labute approximate surface area is 83.3 Å². The van der Waals surface area contributed by atoms with E-state index in [0.717, 1.165) is 19.3 Å². The molecule has 0 aliphatic carbocycles. The van der Waals surface area contributed by atoms with E-state index in [1.807, 2.05) is 0 Å². The quantitative estimate of drug-likeness (QED) is 0.682. The van der Waals surface area contributed by atoms with E-state index < -0.39 is 12.6 Å². The highest BCUT2D eigenvalue weighted by atomic mass is 35.5. The molecular formula is C8H17ClF3N. The molecule has 0 aromatic rings. The highest BCUT2D eigenvalue weighted by Crippen LogP contribution is 2.22. The molecule has 0 amide bonds. The molecule has 0 aromatic heterocycles. The Hall–Kier alpha value is 0.0400. The van der Waals surface area contributed by atoms with Gasteiger partial charge in [-0.25, -0.2) is 0 Å². The Kier molecular flexibility index (Phi) is 10.3. The van der Waals surface area contributed by atoms with E-state index in [9.17, 15) is 13.2 Å². The van der Waals surface area contributed by atoms with Crippen molar-refractivity contribution in [3.05, 3.63) is 0 Å². The van der Waals surface area contributed by atoms with Gasteiger partial charge in [0.05, 0.1) is 0 Å². The van der Waals surface area contributed by atoms with Crippen LogP contribution in [0.5, 0.6) is 0 Å². The van der Waals surface area contributed by atoms with Gasteiger partial charge in [0.25, 0.3) is 0 Å². The zero-order chi connectivity index (χ0) is 9.45. The summed E-state index contributed by atoms with van der Waals surface area (Å²) in [7, 11) is 0. The minimum absolute atomic E-state index is 0. The third-order valence-electron chi connectivity index (χ3n) is 1.66. The van der Waals surface area contributed by atoms with Crippen LogP contribution in [-0.2, 0) is 0 Å². The maximum absolute atomic E-state index is 11.6. The van der Waals surface area contributed by atoms with Gasteiger partial charge in [-0.2, -0.15) is 13.2 Å². The number of rotatable bonds is 6. The Morgan fingerprint density at radius 3 is 1.77 bits per heavy atom. The lowest BCUT2D eigenvalue weighted by Crippen LogP contribution is -2.06. The first-order valence-electron chi connectivity index (χ1n) is 4.33. The van der Waals surface area contributed by atoms with Crippen LogP contribution in [0.25, 0.3) is 0 Å². The summed E-state index contributed by atoms with van der Waals surface area (Å²) in [6, 6.07) is 0. The second-order valence-corrected chi connectivity index (χ2v) is 2.92. The van der Waals surface area contributed by atoms with Crippen molar-refractivity contribution in [3.8, 4) is 0 Å². The fourth-order valence-electron chi connectivity index (χ4n) is 1.00. The number of halogens is 4. The van der Waals surface area contributed by atoms with Gasteiger partial charge in [-0.15, -0.1) is 12.4 Å². The van der Waals surface area contributed by atoms with E-state index in [-0.39, 0.29) is 18.8 Å². The van der Waals surface area contributed by atoms with Crippen LogP contribution in [0, 0.1) is 0 Å². The van der Waals surface area contributed by atoms with Crippen molar-refractivity contribution in [3.63, 3.8) is 0 Å². The van der Waals surface area contributed by atoms with Gasteiger partial charge in [-0.05, 0) is 19.4 Å². The van der Waals surface area contributed by atoms with Gasteiger partial charge in [0, 0.05) is 6.42 Å². The second kappa shape index (κ2) is 8.63. The maximum Gasteiger partial charge on any atom is 0.389 e. The topological polar surface area (TPSA) is 26.0 Å². The number of alkyl halides is 3. The van der Waals surface area contributed by atoms with Crippen molar-refractivity contribution in [2.45, 2.75) is 44.7 Å². The number of hydrogen-bond donors (Lipinski definition) is 1. The van der Waals surface area contributed by atoms with E-state index in [0.29, 0.717) is 13.0 Å². The summed E-state index contributed by atoms with van der Waals surface area (Å²) in [5.41, 5.74) is 5.23. The minimum Gasteiger partial charge on any atom is -0.330 e. The first-order valence-corrected chi connectivity index (χ1v) is 4.33. The molecule has 0 aromatic carbocycles. The third-order valence-corrected chi connectivity index (χ3v) is 1.66. The van der Waals surface area contributed by atoms with Gasteiger partial charge in [-0.1, -0.05) is 19.3 Å². The molecule has 0 aliphatic heterocycles. The molecule has 5 heteroatoms. The highest BCUT2D eigenvalue weighted by molar-refractivity contribution is 5.85. The maximum atomic E-state index is 11.6. The summed E-state index contributed by atoms with van der Waals surface area (Å²) in [6.45, 7) is 0.638. The molecule has 0 radical (unpaired) electrons. The Morgan fingerprint density at radius 2 is 1.31 bits per heavy atom. The van der Waals surface area contributed by atoms with E-state index in [2.05, 4.69) is 0 Å². The fourth-order valence-corrected chi connectivity index (χ4v) is 1.00. The lowest BCUT2D eigenvalue weighted by atomic mass is 10.1. The van der Waals surface area contributed by atoms with Crippen LogP contribution in [0.4, 0.5) is 13.2 Å². The van der Waals surface area contributed by atoms with Crippen LogP contribution in [-0.4, -0.2) is 12.7 Å². The van der Waals surface area contributed by atoms with E-state index in [1.54, 1.807) is 0 Å². The molecule has 82 valence electrons. The van der Waals surface area contributed by atoms with Crippen molar-refractivity contribution >= 4 is 12.4 Å². The molecule has 0 spiro atoms. The largest absolute Gasteiger partial charge is 0.389 e. The van der Waals surface area contributed by atoms with Crippen LogP contribution >= 0.6 is 12.4 Å². The molecule has 2 N–H and O–H groups in total. The molecule has 0 unspecified atom stereocenters. The molecule has 0 atom stereocenters. The van der Waals surface area contributed by atoms with Gasteiger partial charge >= 0.3 is 6.18 Å². The molecule has 0 aliphatic rings. The molecule has 0 bridgehead atoms. The zero-order valence-corrected chi connectivity index (χ0v) is 8.39. The summed E-state index contributed by atoms with van der Waals surface area (Å²) < 4.78 is 34.8. The number of hydrogen-bond acceptors (Lipinski definition) is 1. The van der Waals surface area contributed by atoms with Crippen molar-refractivity contribution in [2.24, 2.45) is 5.73 Å². The molecule has 0 fully saturated rings. The second-order valence-electron chi connectivity index (χ2n) is 2.92. The van der Waals surface area contributed by atoms with Gasteiger partial charge < -0.3 is 5.73 Å². The van der Waals surface area contributed by atoms with Gasteiger partial charge in [0.2, 0.25) is 0 Å². The molecule has 13 heavy (non-hydrogen) atoms. The highest BCUT2D eigenvalue weighted by Gasteiger charge is 2.25. The lowest BCUT2D eigenvalue weighted by Gasteiger charge is -2.04. The third kappa shape index (κ3) is 14.9. The average molecular weight is 220 g/mol. The van der Waals surface area contributed by atoms with E-state index in [1.165, 1.54) is 0 Å². The normalized spacial score (nSPS) is 11.1. The predicted octanol–water partition coefficient (Wildman–Crippen LogP) is 3.27. The smallest absolute Gasteiger partial charge is 0.330 e. The Bertz CT molecular complexity index is 106.